The molecular weight excluding hydrogens is 246 g/mol. The van der Waals surface area contributed by atoms with Gasteiger partial charge in [0.1, 0.15) is 6.04 Å². The highest BCUT2D eigenvalue weighted by atomic mass is 16.5. The van der Waals surface area contributed by atoms with Crippen LogP contribution in [0.4, 0.5) is 0 Å². The standard InChI is InChI=1S/C14H17NO4/c1-15-11(14(18)19-2)8-10(13(16)17)12(15)9-6-4-3-5-7-9/h3-7,10-12H,8H2,1-2H3,(H,16,17)/t10-,11-,12+/m0/s1. The van der Waals surface area contributed by atoms with Gasteiger partial charge in [-0.05, 0) is 19.0 Å². The second kappa shape index (κ2) is 5.40. The Morgan fingerprint density at radius 1 is 1.32 bits per heavy atom. The van der Waals surface area contributed by atoms with E-state index in [2.05, 4.69) is 0 Å². The Hall–Kier alpha value is -1.88. The van der Waals surface area contributed by atoms with E-state index < -0.39 is 17.9 Å². The molecule has 0 aliphatic carbocycles. The van der Waals surface area contributed by atoms with Gasteiger partial charge in [0.05, 0.1) is 13.0 Å². The quantitative estimate of drug-likeness (QED) is 0.833. The Balaban J connectivity index is 2.34. The van der Waals surface area contributed by atoms with Crippen molar-refractivity contribution in [3.8, 4) is 0 Å². The van der Waals surface area contributed by atoms with Crippen molar-refractivity contribution in [1.29, 1.82) is 0 Å². The number of methoxy groups -OCH3 is 1. The third kappa shape index (κ3) is 2.46. The van der Waals surface area contributed by atoms with Crippen LogP contribution in [0.15, 0.2) is 30.3 Å². The summed E-state index contributed by atoms with van der Waals surface area (Å²) in [7, 11) is 3.09. The van der Waals surface area contributed by atoms with Crippen LogP contribution in [0.1, 0.15) is 18.0 Å². The molecule has 0 bridgehead atoms. The molecule has 0 saturated carbocycles. The fourth-order valence-electron chi connectivity index (χ4n) is 2.77. The second-order valence-corrected chi connectivity index (χ2v) is 4.74. The summed E-state index contributed by atoms with van der Waals surface area (Å²) in [6.07, 6.45) is 0.276. The van der Waals surface area contributed by atoms with Crippen LogP contribution in [0.5, 0.6) is 0 Å². The Bertz CT molecular complexity index is 474. The average Bonchev–Trinajstić information content (AvgIpc) is 2.77. The third-order valence-corrected chi connectivity index (χ3v) is 3.72. The molecule has 1 saturated heterocycles. The molecule has 5 nitrogen and oxygen atoms in total. The third-order valence-electron chi connectivity index (χ3n) is 3.72. The zero-order chi connectivity index (χ0) is 14.0. The number of rotatable bonds is 3. The number of carboxylic acids is 1. The highest BCUT2D eigenvalue weighted by molar-refractivity contribution is 5.79. The monoisotopic (exact) mass is 263 g/mol. The van der Waals surface area contributed by atoms with E-state index in [1.807, 2.05) is 30.3 Å². The molecule has 102 valence electrons. The van der Waals surface area contributed by atoms with Crippen LogP contribution in [0.3, 0.4) is 0 Å². The molecule has 2 rings (SSSR count). The molecule has 1 aromatic rings. The van der Waals surface area contributed by atoms with Gasteiger partial charge in [0, 0.05) is 6.04 Å². The average molecular weight is 263 g/mol. The second-order valence-electron chi connectivity index (χ2n) is 4.74. The van der Waals surface area contributed by atoms with Gasteiger partial charge in [-0.2, -0.15) is 0 Å². The molecule has 0 aromatic heterocycles. The van der Waals surface area contributed by atoms with Gasteiger partial charge in [0.2, 0.25) is 0 Å². The predicted molar refractivity (Wildman–Crippen MR) is 68.5 cm³/mol. The van der Waals surface area contributed by atoms with Crippen molar-refractivity contribution < 1.29 is 19.4 Å². The number of likely N-dealkylation sites (N-methyl/N-ethyl adjacent to an activating group) is 1. The number of nitrogens with zero attached hydrogens (tertiary/aromatic N) is 1. The molecule has 1 aliphatic rings. The molecule has 1 aliphatic heterocycles. The van der Waals surface area contributed by atoms with Crippen molar-refractivity contribution in [2.24, 2.45) is 5.92 Å². The van der Waals surface area contributed by atoms with Gasteiger partial charge >= 0.3 is 11.9 Å². The van der Waals surface area contributed by atoms with Crippen LogP contribution in [0, 0.1) is 5.92 Å². The largest absolute Gasteiger partial charge is 0.481 e. The number of likely N-dealkylation sites (tertiary alicyclic amines) is 1. The molecule has 0 amide bonds. The lowest BCUT2D eigenvalue weighted by molar-refractivity contribution is -0.145. The Kier molecular flexibility index (Phi) is 3.85. The van der Waals surface area contributed by atoms with Crippen LogP contribution in [0.2, 0.25) is 0 Å². The summed E-state index contributed by atoms with van der Waals surface area (Å²) < 4.78 is 4.74. The summed E-state index contributed by atoms with van der Waals surface area (Å²) in [6.45, 7) is 0. The van der Waals surface area contributed by atoms with Crippen LogP contribution in [0.25, 0.3) is 0 Å². The van der Waals surface area contributed by atoms with E-state index in [9.17, 15) is 14.7 Å². The van der Waals surface area contributed by atoms with Crippen molar-refractivity contribution in [1.82, 2.24) is 4.90 Å². The van der Waals surface area contributed by atoms with E-state index in [-0.39, 0.29) is 18.4 Å². The fraction of sp³-hybridized carbons (Fsp3) is 0.429. The van der Waals surface area contributed by atoms with Crippen LogP contribution >= 0.6 is 0 Å². The number of carbonyl (C=O) groups excluding carboxylic acids is 1. The summed E-state index contributed by atoms with van der Waals surface area (Å²) in [5.74, 6) is -1.87. The number of hydrogen-bond acceptors (Lipinski definition) is 4. The van der Waals surface area contributed by atoms with E-state index in [1.54, 1.807) is 11.9 Å². The van der Waals surface area contributed by atoms with Gasteiger partial charge in [0.25, 0.3) is 0 Å². The van der Waals surface area contributed by atoms with Crippen LogP contribution in [-0.2, 0) is 14.3 Å². The molecule has 3 atom stereocenters. The van der Waals surface area contributed by atoms with Crippen molar-refractivity contribution in [2.45, 2.75) is 18.5 Å². The Labute approximate surface area is 111 Å². The number of benzene rings is 1. The topological polar surface area (TPSA) is 66.8 Å². The van der Waals surface area contributed by atoms with Crippen molar-refractivity contribution in [2.75, 3.05) is 14.2 Å². The summed E-state index contributed by atoms with van der Waals surface area (Å²) >= 11 is 0. The molecular formula is C14H17NO4. The lowest BCUT2D eigenvalue weighted by Crippen LogP contribution is -2.35. The summed E-state index contributed by atoms with van der Waals surface area (Å²) in [6, 6.07) is 8.58. The maximum absolute atomic E-state index is 11.7. The molecule has 19 heavy (non-hydrogen) atoms. The van der Waals surface area contributed by atoms with Crippen molar-refractivity contribution in [3.63, 3.8) is 0 Å². The van der Waals surface area contributed by atoms with E-state index >= 15 is 0 Å². The Morgan fingerprint density at radius 2 is 1.95 bits per heavy atom. The summed E-state index contributed by atoms with van der Waals surface area (Å²) in [5, 5.41) is 9.36. The zero-order valence-electron chi connectivity index (χ0n) is 10.9. The number of carboxylic acid groups (broad SMARTS) is 1. The number of esters is 1. The zero-order valence-corrected chi connectivity index (χ0v) is 10.9. The minimum Gasteiger partial charge on any atom is -0.481 e. The smallest absolute Gasteiger partial charge is 0.323 e. The van der Waals surface area contributed by atoms with Crippen LogP contribution < -0.4 is 0 Å². The van der Waals surface area contributed by atoms with Crippen molar-refractivity contribution in [3.05, 3.63) is 35.9 Å². The molecule has 1 aromatic carbocycles. The maximum atomic E-state index is 11.7. The van der Waals surface area contributed by atoms with Gasteiger partial charge in [-0.1, -0.05) is 30.3 Å². The minimum atomic E-state index is -0.882. The Morgan fingerprint density at radius 3 is 2.47 bits per heavy atom. The highest BCUT2D eigenvalue weighted by Gasteiger charge is 2.46. The van der Waals surface area contributed by atoms with E-state index in [1.165, 1.54) is 7.11 Å². The highest BCUT2D eigenvalue weighted by Crippen LogP contribution is 2.40. The molecule has 1 fully saturated rings. The van der Waals surface area contributed by atoms with Gasteiger partial charge in [0.15, 0.2) is 0 Å². The molecule has 5 heteroatoms. The van der Waals surface area contributed by atoms with Gasteiger partial charge in [-0.3, -0.25) is 14.5 Å². The lowest BCUT2D eigenvalue weighted by Gasteiger charge is -2.25. The maximum Gasteiger partial charge on any atom is 0.323 e. The van der Waals surface area contributed by atoms with Crippen LogP contribution in [-0.4, -0.2) is 42.1 Å². The fourth-order valence-corrected chi connectivity index (χ4v) is 2.77. The number of hydrogen-bond donors (Lipinski definition) is 1. The number of carbonyl (C=O) groups is 2. The molecule has 1 heterocycles. The molecule has 0 spiro atoms. The summed E-state index contributed by atoms with van der Waals surface area (Å²) in [4.78, 5) is 24.9. The van der Waals surface area contributed by atoms with E-state index in [0.717, 1.165) is 5.56 Å². The molecule has 1 N–H and O–H groups in total. The number of aliphatic carboxylic acids is 1. The normalized spacial score (nSPS) is 27.2. The van der Waals surface area contributed by atoms with Crippen molar-refractivity contribution >= 4 is 11.9 Å². The van der Waals surface area contributed by atoms with E-state index in [0.29, 0.717) is 0 Å². The number of ether oxygens (including phenoxy) is 1. The predicted octanol–water partition coefficient (Wildman–Crippen LogP) is 1.31. The van der Waals surface area contributed by atoms with Gasteiger partial charge in [-0.25, -0.2) is 0 Å². The molecule has 0 unspecified atom stereocenters. The van der Waals surface area contributed by atoms with Gasteiger partial charge in [-0.15, -0.1) is 0 Å². The molecule has 0 radical (unpaired) electrons. The first kappa shape index (κ1) is 13.5. The SMILES string of the molecule is COC(=O)[C@@H]1C[C@H](C(=O)O)[C@@H](c2ccccc2)N1C. The first-order valence-corrected chi connectivity index (χ1v) is 6.13. The lowest BCUT2D eigenvalue weighted by atomic mass is 9.93. The van der Waals surface area contributed by atoms with Gasteiger partial charge < -0.3 is 9.84 Å². The van der Waals surface area contributed by atoms with E-state index in [4.69, 9.17) is 4.74 Å². The first-order valence-electron chi connectivity index (χ1n) is 6.13. The minimum absolute atomic E-state index is 0.276. The summed E-state index contributed by atoms with van der Waals surface area (Å²) in [5.41, 5.74) is 0.906. The first-order chi connectivity index (χ1) is 9.06.